The Balaban J connectivity index is 0.00000364. The molecule has 2 N–H and O–H groups in total. The average Bonchev–Trinajstić information content (AvgIpc) is 2.64. The molecule has 0 saturated heterocycles. The fourth-order valence-electron chi connectivity index (χ4n) is 2.48. The molecule has 2 rings (SSSR count). The van der Waals surface area contributed by atoms with Gasteiger partial charge in [-0.3, -0.25) is 4.99 Å². The lowest BCUT2D eigenvalue weighted by molar-refractivity contribution is 0.566. The minimum Gasteiger partial charge on any atom is -0.356 e. The summed E-state index contributed by atoms with van der Waals surface area (Å²) in [5, 5.41) is 6.10. The monoisotopic (exact) mass is 505 g/mol. The van der Waals surface area contributed by atoms with Crippen LogP contribution in [0.1, 0.15) is 12.0 Å². The van der Waals surface area contributed by atoms with E-state index >= 15 is 0 Å². The van der Waals surface area contributed by atoms with E-state index in [4.69, 9.17) is 0 Å². The van der Waals surface area contributed by atoms with Gasteiger partial charge in [0.05, 0.1) is 5.75 Å². The fraction of sp³-hybridized carbons (Fsp3) is 0.316. The molecule has 0 bridgehead atoms. The lowest BCUT2D eigenvalue weighted by Crippen LogP contribution is -2.40. The van der Waals surface area contributed by atoms with E-state index in [1.165, 1.54) is 23.8 Å². The molecule has 0 heterocycles. The van der Waals surface area contributed by atoms with Gasteiger partial charge in [0.1, 0.15) is 10.7 Å². The number of halogens is 2. The number of hydrogen-bond acceptors (Lipinski definition) is 3. The molecule has 0 fully saturated rings. The molecule has 0 aromatic heterocycles. The second-order valence-corrected chi connectivity index (χ2v) is 7.84. The van der Waals surface area contributed by atoms with Crippen molar-refractivity contribution >= 4 is 39.8 Å². The fourth-order valence-corrected chi connectivity index (χ4v) is 3.72. The van der Waals surface area contributed by atoms with Gasteiger partial charge in [-0.1, -0.05) is 42.5 Å². The van der Waals surface area contributed by atoms with Crippen LogP contribution in [0.4, 0.5) is 4.39 Å². The van der Waals surface area contributed by atoms with Crippen molar-refractivity contribution in [1.82, 2.24) is 10.6 Å². The Morgan fingerprint density at radius 1 is 1.00 bits per heavy atom. The van der Waals surface area contributed by atoms with Crippen LogP contribution in [0.3, 0.4) is 0 Å². The van der Waals surface area contributed by atoms with Crippen LogP contribution in [-0.2, 0) is 16.3 Å². The Morgan fingerprint density at radius 3 is 2.30 bits per heavy atom. The van der Waals surface area contributed by atoms with Gasteiger partial charge in [-0.25, -0.2) is 12.8 Å². The van der Waals surface area contributed by atoms with Gasteiger partial charge < -0.3 is 10.6 Å². The second kappa shape index (κ2) is 11.9. The molecule has 0 unspecified atom stereocenters. The van der Waals surface area contributed by atoms with Gasteiger partial charge in [0.25, 0.3) is 0 Å². The normalized spacial score (nSPS) is 11.6. The summed E-state index contributed by atoms with van der Waals surface area (Å²) in [6, 6.07) is 15.6. The van der Waals surface area contributed by atoms with E-state index in [2.05, 4.69) is 27.8 Å². The number of hydrogen-bond donors (Lipinski definition) is 2. The summed E-state index contributed by atoms with van der Waals surface area (Å²) >= 11 is 0. The first-order chi connectivity index (χ1) is 12.5. The highest BCUT2D eigenvalue weighted by Crippen LogP contribution is 2.14. The summed E-state index contributed by atoms with van der Waals surface area (Å²) < 4.78 is 38.0. The Labute approximate surface area is 177 Å². The zero-order valence-electron chi connectivity index (χ0n) is 15.2. The summed E-state index contributed by atoms with van der Waals surface area (Å²) in [5.41, 5.74) is 1.27. The molecule has 0 aliphatic carbocycles. The van der Waals surface area contributed by atoms with Crippen molar-refractivity contribution in [3.63, 3.8) is 0 Å². The molecule has 0 aliphatic rings. The number of rotatable bonds is 8. The molecular weight excluding hydrogens is 480 g/mol. The predicted octanol–water partition coefficient (Wildman–Crippen LogP) is 3.02. The zero-order chi connectivity index (χ0) is 18.8. The lowest BCUT2D eigenvalue weighted by atomic mass is 10.1. The third kappa shape index (κ3) is 7.84. The standard InChI is InChI=1S/C19H24FN3O2S.HI/c1-21-19(22-13-7-10-16-8-3-2-4-9-16)23-14-15-26(24,25)18-12-6-5-11-17(18)20;/h2-6,8-9,11-12H,7,10,13-15H2,1H3,(H2,21,22,23);1H. The van der Waals surface area contributed by atoms with Crippen LogP contribution in [0, 0.1) is 5.82 Å². The maximum Gasteiger partial charge on any atom is 0.191 e. The average molecular weight is 505 g/mol. The molecule has 0 radical (unpaired) electrons. The quantitative estimate of drug-likeness (QED) is 0.251. The van der Waals surface area contributed by atoms with Crippen molar-refractivity contribution in [1.29, 1.82) is 0 Å². The molecule has 2 aromatic rings. The topological polar surface area (TPSA) is 70.6 Å². The summed E-state index contributed by atoms with van der Waals surface area (Å²) in [4.78, 5) is 3.80. The number of sulfone groups is 1. The molecule has 5 nitrogen and oxygen atoms in total. The first-order valence-corrected chi connectivity index (χ1v) is 10.1. The SMILES string of the molecule is CN=C(NCCCc1ccccc1)NCCS(=O)(=O)c1ccccc1F.I. The summed E-state index contributed by atoms with van der Waals surface area (Å²) in [5.74, 6) is -0.406. The van der Waals surface area contributed by atoms with Crippen LogP contribution in [0.2, 0.25) is 0 Å². The van der Waals surface area contributed by atoms with Crippen molar-refractivity contribution in [3.8, 4) is 0 Å². The molecule has 148 valence electrons. The number of nitrogens with zero attached hydrogens (tertiary/aromatic N) is 1. The van der Waals surface area contributed by atoms with Crippen LogP contribution >= 0.6 is 24.0 Å². The molecule has 0 aliphatic heterocycles. The first kappa shape index (κ1) is 23.4. The van der Waals surface area contributed by atoms with Gasteiger partial charge in [0.15, 0.2) is 15.8 Å². The zero-order valence-corrected chi connectivity index (χ0v) is 18.3. The highest BCUT2D eigenvalue weighted by molar-refractivity contribution is 14.0. The van der Waals surface area contributed by atoms with Crippen LogP contribution in [0.15, 0.2) is 64.5 Å². The van der Waals surface area contributed by atoms with Gasteiger partial charge in [0, 0.05) is 20.1 Å². The Morgan fingerprint density at radius 2 is 1.63 bits per heavy atom. The van der Waals surface area contributed by atoms with Crippen molar-refractivity contribution in [2.24, 2.45) is 4.99 Å². The highest BCUT2D eigenvalue weighted by Gasteiger charge is 2.18. The molecule has 27 heavy (non-hydrogen) atoms. The van der Waals surface area contributed by atoms with Crippen molar-refractivity contribution in [2.75, 3.05) is 25.9 Å². The smallest absolute Gasteiger partial charge is 0.191 e. The van der Waals surface area contributed by atoms with Gasteiger partial charge >= 0.3 is 0 Å². The number of nitrogens with one attached hydrogen (secondary N) is 2. The van der Waals surface area contributed by atoms with Gasteiger partial charge in [-0.15, -0.1) is 24.0 Å². The van der Waals surface area contributed by atoms with Crippen molar-refractivity contribution < 1.29 is 12.8 Å². The summed E-state index contributed by atoms with van der Waals surface area (Å²) in [7, 11) is -2.05. The van der Waals surface area contributed by atoms with Crippen LogP contribution < -0.4 is 10.6 Å². The van der Waals surface area contributed by atoms with E-state index in [-0.39, 0.29) is 41.2 Å². The lowest BCUT2D eigenvalue weighted by Gasteiger charge is -2.12. The van der Waals surface area contributed by atoms with Crippen LogP contribution in [0.5, 0.6) is 0 Å². The Hall–Kier alpha value is -1.68. The summed E-state index contributed by atoms with van der Waals surface area (Å²) in [6.45, 7) is 0.865. The van der Waals surface area contributed by atoms with E-state index in [1.54, 1.807) is 7.05 Å². The Kier molecular flexibility index (Phi) is 10.3. The molecule has 0 amide bonds. The van der Waals surface area contributed by atoms with Crippen LogP contribution in [-0.4, -0.2) is 40.3 Å². The maximum atomic E-state index is 13.6. The molecule has 0 spiro atoms. The van der Waals surface area contributed by atoms with Crippen LogP contribution in [0.25, 0.3) is 0 Å². The third-order valence-corrected chi connectivity index (χ3v) is 5.58. The van der Waals surface area contributed by atoms with Crippen molar-refractivity contribution in [3.05, 3.63) is 66.0 Å². The number of aliphatic imine (C=N–C) groups is 1. The maximum absolute atomic E-state index is 13.6. The first-order valence-electron chi connectivity index (χ1n) is 8.48. The van der Waals surface area contributed by atoms with Gasteiger partial charge in [-0.05, 0) is 30.5 Å². The third-order valence-electron chi connectivity index (χ3n) is 3.84. The molecule has 0 atom stereocenters. The van der Waals surface area contributed by atoms with Crippen molar-refractivity contribution in [2.45, 2.75) is 17.7 Å². The highest BCUT2D eigenvalue weighted by atomic mass is 127. The Bertz CT molecular complexity index is 830. The number of benzene rings is 2. The van der Waals surface area contributed by atoms with E-state index in [9.17, 15) is 12.8 Å². The number of aryl methyl sites for hydroxylation is 1. The van der Waals surface area contributed by atoms with E-state index in [1.807, 2.05) is 18.2 Å². The van der Waals surface area contributed by atoms with Gasteiger partial charge in [0.2, 0.25) is 0 Å². The minimum atomic E-state index is -3.68. The molecular formula is C19H25FIN3O2S. The van der Waals surface area contributed by atoms with E-state index in [0.29, 0.717) is 12.5 Å². The minimum absolute atomic E-state index is 0. The predicted molar refractivity (Wildman–Crippen MR) is 118 cm³/mol. The largest absolute Gasteiger partial charge is 0.356 e. The van der Waals surface area contributed by atoms with E-state index in [0.717, 1.165) is 18.9 Å². The summed E-state index contributed by atoms with van der Waals surface area (Å²) in [6.07, 6.45) is 1.88. The molecule has 8 heteroatoms. The number of guanidine groups is 1. The molecule has 2 aromatic carbocycles. The van der Waals surface area contributed by atoms with Gasteiger partial charge in [-0.2, -0.15) is 0 Å². The van der Waals surface area contributed by atoms with E-state index < -0.39 is 15.7 Å². The second-order valence-electron chi connectivity index (χ2n) is 5.76. The molecule has 0 saturated carbocycles.